The first kappa shape index (κ1) is 8.06. The molecule has 0 spiro atoms. The molecule has 0 saturated carbocycles. The van der Waals surface area contributed by atoms with E-state index in [0.717, 1.165) is 12.2 Å². The maximum Gasteiger partial charge on any atom is 0.0656 e. The Balaban J connectivity index is 3.29. The van der Waals surface area contributed by atoms with Crippen molar-refractivity contribution in [2.75, 3.05) is 0 Å². The lowest BCUT2D eigenvalue weighted by Gasteiger charge is -2.15. The normalized spacial score (nSPS) is 17.9. The van der Waals surface area contributed by atoms with Crippen molar-refractivity contribution < 1.29 is 0 Å². The van der Waals surface area contributed by atoms with Gasteiger partial charge in [0, 0.05) is 0 Å². The van der Waals surface area contributed by atoms with Crippen LogP contribution in [0.1, 0.15) is 27.2 Å². The van der Waals surface area contributed by atoms with Crippen molar-refractivity contribution in [2.45, 2.75) is 33.5 Å². The zero-order valence-corrected chi connectivity index (χ0v) is 6.15. The molecule has 0 rings (SSSR count). The largest absolute Gasteiger partial charge is 0.0859 e. The van der Waals surface area contributed by atoms with Crippen molar-refractivity contribution in [3.63, 3.8) is 0 Å². The summed E-state index contributed by atoms with van der Waals surface area (Å²) >= 11 is 0. The summed E-state index contributed by atoms with van der Waals surface area (Å²) in [4.78, 5) is 0. The molecule has 0 nitrogen and oxygen atoms in total. The van der Waals surface area contributed by atoms with Crippen molar-refractivity contribution in [1.82, 2.24) is 0 Å². The lowest BCUT2D eigenvalue weighted by molar-refractivity contribution is 0.408. The monoisotopic (exact) mass is 110 g/mol. The minimum atomic E-state index is 0.694. The van der Waals surface area contributed by atoms with Crippen LogP contribution in [0.15, 0.2) is 0 Å². The fourth-order valence-corrected chi connectivity index (χ4v) is 0.635. The van der Waals surface area contributed by atoms with Crippen LogP contribution >= 0.6 is 0 Å². The Morgan fingerprint density at radius 1 is 1.25 bits per heavy atom. The molecule has 0 unspecified atom stereocenters. The standard InChI is InChI=1S/C7H15B/c1-4-6(2)7(3)5-8/h6-7H,4-5H2,1-3H3/t6-,7+/m1/s1. The molecule has 0 aliphatic rings. The minimum absolute atomic E-state index is 0.694. The molecule has 0 aliphatic carbocycles. The molecule has 0 aliphatic heterocycles. The van der Waals surface area contributed by atoms with E-state index in [-0.39, 0.29) is 0 Å². The number of rotatable bonds is 3. The summed E-state index contributed by atoms with van der Waals surface area (Å²) in [6, 6.07) is 0. The Bertz CT molecular complexity index is 44.3. The van der Waals surface area contributed by atoms with Gasteiger partial charge in [0.05, 0.1) is 7.85 Å². The topological polar surface area (TPSA) is 0 Å². The predicted molar refractivity (Wildman–Crippen MR) is 39.2 cm³/mol. The molecular weight excluding hydrogens is 94.9 g/mol. The van der Waals surface area contributed by atoms with Crippen LogP contribution in [-0.4, -0.2) is 7.85 Å². The van der Waals surface area contributed by atoms with Gasteiger partial charge >= 0.3 is 0 Å². The summed E-state index contributed by atoms with van der Waals surface area (Å²) in [6.45, 7) is 6.66. The van der Waals surface area contributed by atoms with E-state index in [0.29, 0.717) is 5.92 Å². The summed E-state index contributed by atoms with van der Waals surface area (Å²) in [5, 5.41) is 0. The molecule has 0 saturated heterocycles. The summed E-state index contributed by atoms with van der Waals surface area (Å²) in [6.07, 6.45) is 2.08. The minimum Gasteiger partial charge on any atom is -0.0859 e. The van der Waals surface area contributed by atoms with Gasteiger partial charge in [-0.25, -0.2) is 0 Å². The molecule has 0 bridgehead atoms. The Morgan fingerprint density at radius 3 is 1.88 bits per heavy atom. The van der Waals surface area contributed by atoms with E-state index in [1.165, 1.54) is 6.42 Å². The van der Waals surface area contributed by atoms with E-state index in [9.17, 15) is 0 Å². The van der Waals surface area contributed by atoms with Gasteiger partial charge in [-0.2, -0.15) is 0 Å². The lowest BCUT2D eigenvalue weighted by atomic mass is 9.83. The SMILES string of the molecule is [B]C[C@H](C)[C@H](C)CC. The highest BCUT2D eigenvalue weighted by Crippen LogP contribution is 2.16. The van der Waals surface area contributed by atoms with Crippen LogP contribution in [0.4, 0.5) is 0 Å². The second kappa shape index (κ2) is 4.00. The molecule has 2 radical (unpaired) electrons. The second-order valence-electron chi connectivity index (χ2n) is 2.60. The predicted octanol–water partition coefficient (Wildman–Crippen LogP) is 2.26. The number of hydrogen-bond donors (Lipinski definition) is 0. The highest BCUT2D eigenvalue weighted by molar-refractivity contribution is 6.08. The van der Waals surface area contributed by atoms with E-state index in [1.54, 1.807) is 0 Å². The first-order valence-corrected chi connectivity index (χ1v) is 3.42. The maximum absolute atomic E-state index is 5.45. The van der Waals surface area contributed by atoms with Crippen LogP contribution in [0.3, 0.4) is 0 Å². The molecular formula is C7H15B. The van der Waals surface area contributed by atoms with Crippen molar-refractivity contribution in [3.8, 4) is 0 Å². The van der Waals surface area contributed by atoms with E-state index in [1.807, 2.05) is 0 Å². The van der Waals surface area contributed by atoms with Crippen LogP contribution in [0.25, 0.3) is 0 Å². The molecule has 1 heteroatoms. The Hall–Kier alpha value is 0.0649. The van der Waals surface area contributed by atoms with E-state index in [2.05, 4.69) is 20.8 Å². The third-order valence-corrected chi connectivity index (χ3v) is 1.99. The molecule has 0 heterocycles. The highest BCUT2D eigenvalue weighted by atomic mass is 14.1. The zero-order valence-electron chi connectivity index (χ0n) is 6.15. The van der Waals surface area contributed by atoms with Gasteiger partial charge in [-0.05, 0) is 11.8 Å². The van der Waals surface area contributed by atoms with Crippen LogP contribution in [-0.2, 0) is 0 Å². The van der Waals surface area contributed by atoms with Crippen molar-refractivity contribution >= 4 is 7.85 Å². The molecule has 46 valence electrons. The van der Waals surface area contributed by atoms with Crippen molar-refractivity contribution in [2.24, 2.45) is 11.8 Å². The maximum atomic E-state index is 5.45. The summed E-state index contributed by atoms with van der Waals surface area (Å²) in [5.74, 6) is 1.49. The third-order valence-electron chi connectivity index (χ3n) is 1.99. The van der Waals surface area contributed by atoms with Crippen LogP contribution in [0.2, 0.25) is 6.32 Å². The first-order chi connectivity index (χ1) is 3.72. The summed E-state index contributed by atoms with van der Waals surface area (Å²) in [7, 11) is 5.45. The average molecular weight is 110 g/mol. The molecule has 0 amide bonds. The Labute approximate surface area is 54.1 Å². The van der Waals surface area contributed by atoms with Gasteiger partial charge in [0.25, 0.3) is 0 Å². The van der Waals surface area contributed by atoms with Gasteiger partial charge in [-0.15, -0.1) is 0 Å². The van der Waals surface area contributed by atoms with Gasteiger partial charge in [-0.1, -0.05) is 33.5 Å². The zero-order chi connectivity index (χ0) is 6.57. The fraction of sp³-hybridized carbons (Fsp3) is 1.00. The molecule has 0 aromatic rings. The van der Waals surface area contributed by atoms with Crippen LogP contribution in [0.5, 0.6) is 0 Å². The van der Waals surface area contributed by atoms with Gasteiger partial charge in [0.1, 0.15) is 0 Å². The Morgan fingerprint density at radius 2 is 1.75 bits per heavy atom. The van der Waals surface area contributed by atoms with E-state index < -0.39 is 0 Å². The fourth-order valence-electron chi connectivity index (χ4n) is 0.635. The first-order valence-electron chi connectivity index (χ1n) is 3.42. The summed E-state index contributed by atoms with van der Waals surface area (Å²) in [5.41, 5.74) is 0. The van der Waals surface area contributed by atoms with Crippen molar-refractivity contribution in [3.05, 3.63) is 0 Å². The highest BCUT2D eigenvalue weighted by Gasteiger charge is 2.05. The van der Waals surface area contributed by atoms with Crippen LogP contribution in [0, 0.1) is 11.8 Å². The van der Waals surface area contributed by atoms with Crippen molar-refractivity contribution in [1.29, 1.82) is 0 Å². The molecule has 0 fully saturated rings. The van der Waals surface area contributed by atoms with Gasteiger partial charge in [0.2, 0.25) is 0 Å². The van der Waals surface area contributed by atoms with Crippen LogP contribution < -0.4 is 0 Å². The third kappa shape index (κ3) is 2.39. The van der Waals surface area contributed by atoms with E-state index in [4.69, 9.17) is 7.85 Å². The van der Waals surface area contributed by atoms with Gasteiger partial charge < -0.3 is 0 Å². The molecule has 0 aromatic heterocycles. The molecule has 0 aromatic carbocycles. The van der Waals surface area contributed by atoms with Gasteiger partial charge in [-0.3, -0.25) is 0 Å². The lowest BCUT2D eigenvalue weighted by Crippen LogP contribution is -2.05. The van der Waals surface area contributed by atoms with E-state index >= 15 is 0 Å². The molecule has 0 N–H and O–H groups in total. The molecule has 2 atom stereocenters. The smallest absolute Gasteiger partial charge is 0.0656 e. The van der Waals surface area contributed by atoms with Gasteiger partial charge in [0.15, 0.2) is 0 Å². The second-order valence-corrected chi connectivity index (χ2v) is 2.60. The number of hydrogen-bond acceptors (Lipinski definition) is 0. The average Bonchev–Trinajstić information content (AvgIpc) is 1.84. The molecule has 8 heavy (non-hydrogen) atoms. The quantitative estimate of drug-likeness (QED) is 0.488. The Kier molecular flexibility index (Phi) is 4.03. The summed E-state index contributed by atoms with van der Waals surface area (Å²) < 4.78 is 0.